The van der Waals surface area contributed by atoms with Crippen molar-refractivity contribution < 1.29 is 23.7 Å². The van der Waals surface area contributed by atoms with E-state index in [4.69, 9.17) is 9.15 Å². The monoisotopic (exact) mass is 450 g/mol. The van der Waals surface area contributed by atoms with Gasteiger partial charge in [0, 0.05) is 18.7 Å². The minimum atomic E-state index is -0.506. The van der Waals surface area contributed by atoms with Crippen molar-refractivity contribution in [3.8, 4) is 17.1 Å². The number of furan rings is 1. The molecule has 2 amide bonds. The summed E-state index contributed by atoms with van der Waals surface area (Å²) in [6, 6.07) is 17.2. The molecule has 0 spiro atoms. The Morgan fingerprint density at radius 3 is 2.62 bits per heavy atom. The van der Waals surface area contributed by atoms with Crippen molar-refractivity contribution in [1.29, 1.82) is 0 Å². The van der Waals surface area contributed by atoms with Crippen LogP contribution >= 0.6 is 11.8 Å². The second-order valence-electron chi connectivity index (χ2n) is 6.91. The Morgan fingerprint density at radius 1 is 1.12 bits per heavy atom. The Kier molecular flexibility index (Phi) is 6.09. The molecule has 1 fully saturated rings. The number of imide groups is 1. The van der Waals surface area contributed by atoms with E-state index in [2.05, 4.69) is 0 Å². The zero-order valence-corrected chi connectivity index (χ0v) is 17.8. The largest absolute Gasteiger partial charge is 0.496 e. The minimum Gasteiger partial charge on any atom is -0.496 e. The topological polar surface area (TPSA) is 103 Å². The maximum atomic E-state index is 12.7. The Bertz CT molecular complexity index is 1220. The highest BCUT2D eigenvalue weighted by Gasteiger charge is 2.34. The van der Waals surface area contributed by atoms with Gasteiger partial charge in [0.05, 0.1) is 28.6 Å². The molecule has 3 aromatic rings. The Balaban J connectivity index is 1.51. The normalized spacial score (nSPS) is 14.9. The zero-order chi connectivity index (χ0) is 22.7. The molecule has 0 aliphatic carbocycles. The number of amides is 2. The van der Waals surface area contributed by atoms with Crippen LogP contribution in [0.25, 0.3) is 17.4 Å². The van der Waals surface area contributed by atoms with Crippen molar-refractivity contribution in [2.24, 2.45) is 0 Å². The summed E-state index contributed by atoms with van der Waals surface area (Å²) < 4.78 is 11.1. The Morgan fingerprint density at radius 2 is 1.91 bits per heavy atom. The molecule has 0 unspecified atom stereocenters. The van der Waals surface area contributed by atoms with Crippen LogP contribution in [0.4, 0.5) is 10.5 Å². The van der Waals surface area contributed by atoms with E-state index in [1.807, 2.05) is 30.3 Å². The maximum absolute atomic E-state index is 12.7. The number of nitro benzene ring substituents is 1. The number of carbonyl (C=O) groups excluding carboxylic acids is 2. The van der Waals surface area contributed by atoms with E-state index in [1.165, 1.54) is 36.3 Å². The van der Waals surface area contributed by atoms with Crippen molar-refractivity contribution in [3.05, 3.63) is 87.0 Å². The number of carbonyl (C=O) groups is 2. The van der Waals surface area contributed by atoms with Gasteiger partial charge in [-0.25, -0.2) is 0 Å². The van der Waals surface area contributed by atoms with Gasteiger partial charge < -0.3 is 9.15 Å². The van der Waals surface area contributed by atoms with Crippen LogP contribution in [-0.2, 0) is 11.2 Å². The molecule has 4 rings (SSSR count). The van der Waals surface area contributed by atoms with Gasteiger partial charge in [0.2, 0.25) is 0 Å². The first-order valence-electron chi connectivity index (χ1n) is 9.68. The zero-order valence-electron chi connectivity index (χ0n) is 17.0. The van der Waals surface area contributed by atoms with E-state index >= 15 is 0 Å². The number of hydrogen-bond donors (Lipinski definition) is 0. The van der Waals surface area contributed by atoms with Crippen molar-refractivity contribution in [2.75, 3.05) is 13.7 Å². The van der Waals surface area contributed by atoms with Gasteiger partial charge in [0.25, 0.3) is 16.8 Å². The third-order valence-electron chi connectivity index (χ3n) is 4.90. The molecule has 0 atom stereocenters. The average Bonchev–Trinajstić information content (AvgIpc) is 3.37. The van der Waals surface area contributed by atoms with Crippen LogP contribution < -0.4 is 4.74 Å². The molecule has 2 aromatic carbocycles. The predicted molar refractivity (Wildman–Crippen MR) is 120 cm³/mol. The summed E-state index contributed by atoms with van der Waals surface area (Å²) in [5.74, 6) is 0.739. The van der Waals surface area contributed by atoms with Gasteiger partial charge in [-0.05, 0) is 41.9 Å². The van der Waals surface area contributed by atoms with E-state index in [0.29, 0.717) is 35.8 Å². The van der Waals surface area contributed by atoms with Gasteiger partial charge in [-0.2, -0.15) is 0 Å². The molecule has 32 heavy (non-hydrogen) atoms. The fraction of sp³-hybridized carbons (Fsp3) is 0.130. The lowest BCUT2D eigenvalue weighted by molar-refractivity contribution is -0.384. The summed E-state index contributed by atoms with van der Waals surface area (Å²) in [4.78, 5) is 37.0. The van der Waals surface area contributed by atoms with E-state index in [-0.39, 0.29) is 21.7 Å². The summed E-state index contributed by atoms with van der Waals surface area (Å²) in [6.45, 7) is 0.301. The predicted octanol–water partition coefficient (Wildman–Crippen LogP) is 5.14. The Labute approximate surface area is 187 Å². The summed E-state index contributed by atoms with van der Waals surface area (Å²) >= 11 is 0.869. The van der Waals surface area contributed by atoms with Crippen LogP contribution in [0.5, 0.6) is 5.75 Å². The molecular formula is C23H18N2O6S. The van der Waals surface area contributed by atoms with Gasteiger partial charge in [0.1, 0.15) is 17.3 Å². The number of nitrogens with zero attached hydrogens (tertiary/aromatic N) is 2. The second kappa shape index (κ2) is 9.11. The first kappa shape index (κ1) is 21.4. The average molecular weight is 450 g/mol. The van der Waals surface area contributed by atoms with Crippen molar-refractivity contribution in [2.45, 2.75) is 6.42 Å². The lowest BCUT2D eigenvalue weighted by Crippen LogP contribution is -2.30. The fourth-order valence-electron chi connectivity index (χ4n) is 3.28. The smallest absolute Gasteiger partial charge is 0.293 e. The molecule has 162 valence electrons. The number of hydrogen-bond acceptors (Lipinski definition) is 7. The number of nitro groups is 1. The molecule has 1 saturated heterocycles. The lowest BCUT2D eigenvalue weighted by Gasteiger charge is -2.11. The van der Waals surface area contributed by atoms with Gasteiger partial charge in [-0.1, -0.05) is 30.3 Å². The number of non-ortho nitro benzene ring substituents is 1. The highest BCUT2D eigenvalue weighted by atomic mass is 32.2. The van der Waals surface area contributed by atoms with E-state index in [1.54, 1.807) is 12.1 Å². The van der Waals surface area contributed by atoms with Crippen LogP contribution in [0.1, 0.15) is 11.3 Å². The summed E-state index contributed by atoms with van der Waals surface area (Å²) in [5, 5.41) is 10.7. The number of thioether (sulfide) groups is 1. The van der Waals surface area contributed by atoms with Crippen molar-refractivity contribution >= 4 is 34.7 Å². The summed E-state index contributed by atoms with van der Waals surface area (Å²) in [5.41, 5.74) is 1.48. The number of benzene rings is 2. The molecule has 1 aliphatic rings. The second-order valence-corrected chi connectivity index (χ2v) is 7.91. The first-order chi connectivity index (χ1) is 15.5. The highest BCUT2D eigenvalue weighted by molar-refractivity contribution is 8.18. The van der Waals surface area contributed by atoms with Crippen LogP contribution in [0.2, 0.25) is 0 Å². The SMILES string of the molecule is COc1cc([N+](=O)[O-])ccc1-c1ccc(/C=C2/SC(=O)N(CCc3ccccc3)C2=O)o1. The summed E-state index contributed by atoms with van der Waals surface area (Å²) in [7, 11) is 1.41. The van der Waals surface area contributed by atoms with Crippen molar-refractivity contribution in [3.63, 3.8) is 0 Å². The molecule has 1 aromatic heterocycles. The molecular weight excluding hydrogens is 432 g/mol. The van der Waals surface area contributed by atoms with Crippen LogP contribution in [0.3, 0.4) is 0 Å². The number of rotatable bonds is 7. The quantitative estimate of drug-likeness (QED) is 0.279. The van der Waals surface area contributed by atoms with Crippen LogP contribution in [0.15, 0.2) is 70.0 Å². The van der Waals surface area contributed by atoms with Gasteiger partial charge in [-0.3, -0.25) is 24.6 Å². The van der Waals surface area contributed by atoms with Crippen molar-refractivity contribution in [1.82, 2.24) is 4.90 Å². The fourth-order valence-corrected chi connectivity index (χ4v) is 4.12. The number of methoxy groups -OCH3 is 1. The first-order valence-corrected chi connectivity index (χ1v) is 10.5. The van der Waals surface area contributed by atoms with Crippen LogP contribution in [-0.4, -0.2) is 34.6 Å². The van der Waals surface area contributed by atoms with E-state index < -0.39 is 4.92 Å². The molecule has 0 bridgehead atoms. The standard InChI is InChI=1S/C23H18N2O6S/c1-30-20-13-16(25(28)29)7-9-18(20)19-10-8-17(31-19)14-21-22(26)24(23(27)32-21)12-11-15-5-3-2-4-6-15/h2-10,13-14H,11-12H2,1H3/b21-14+. The third-order valence-corrected chi connectivity index (χ3v) is 5.81. The molecule has 0 N–H and O–H groups in total. The lowest BCUT2D eigenvalue weighted by atomic mass is 10.1. The molecule has 1 aliphatic heterocycles. The van der Waals surface area contributed by atoms with E-state index in [0.717, 1.165) is 17.3 Å². The molecule has 2 heterocycles. The van der Waals surface area contributed by atoms with Crippen LogP contribution in [0, 0.1) is 10.1 Å². The highest BCUT2D eigenvalue weighted by Crippen LogP contribution is 2.36. The molecule has 9 heteroatoms. The molecule has 8 nitrogen and oxygen atoms in total. The molecule has 0 radical (unpaired) electrons. The Hall–Kier alpha value is -3.85. The molecule has 0 saturated carbocycles. The number of ether oxygens (including phenoxy) is 1. The van der Waals surface area contributed by atoms with Gasteiger partial charge >= 0.3 is 0 Å². The van der Waals surface area contributed by atoms with Gasteiger partial charge in [-0.15, -0.1) is 0 Å². The van der Waals surface area contributed by atoms with E-state index in [9.17, 15) is 19.7 Å². The maximum Gasteiger partial charge on any atom is 0.293 e. The minimum absolute atomic E-state index is 0.0958. The summed E-state index contributed by atoms with van der Waals surface area (Å²) in [6.07, 6.45) is 2.10. The third kappa shape index (κ3) is 4.42. The van der Waals surface area contributed by atoms with Gasteiger partial charge in [0.15, 0.2) is 0 Å².